The number of carbonyl (C=O) groups is 1. The SMILES string of the molecule is CCSC1CCCC1NC(=O)C1(C)COCC1N. The summed E-state index contributed by atoms with van der Waals surface area (Å²) in [4.78, 5) is 12.4. The van der Waals surface area contributed by atoms with Crippen molar-refractivity contribution in [3.63, 3.8) is 0 Å². The lowest BCUT2D eigenvalue weighted by molar-refractivity contribution is -0.131. The van der Waals surface area contributed by atoms with E-state index in [0.29, 0.717) is 24.5 Å². The van der Waals surface area contributed by atoms with Crippen LogP contribution in [0.15, 0.2) is 0 Å². The van der Waals surface area contributed by atoms with Crippen molar-refractivity contribution in [1.82, 2.24) is 5.32 Å². The molecule has 3 N–H and O–H groups in total. The van der Waals surface area contributed by atoms with E-state index >= 15 is 0 Å². The maximum Gasteiger partial charge on any atom is 0.230 e. The van der Waals surface area contributed by atoms with E-state index in [9.17, 15) is 4.79 Å². The summed E-state index contributed by atoms with van der Waals surface area (Å²) in [6.45, 7) is 5.01. The Labute approximate surface area is 113 Å². The molecule has 18 heavy (non-hydrogen) atoms. The van der Waals surface area contributed by atoms with Crippen molar-refractivity contribution in [1.29, 1.82) is 0 Å². The summed E-state index contributed by atoms with van der Waals surface area (Å²) in [5, 5.41) is 3.78. The fourth-order valence-corrected chi connectivity index (χ4v) is 3.96. The van der Waals surface area contributed by atoms with Gasteiger partial charge in [-0.05, 0) is 25.5 Å². The minimum absolute atomic E-state index is 0.0705. The first-order valence-corrected chi connectivity index (χ1v) is 7.88. The second-order valence-electron chi connectivity index (χ2n) is 5.54. The van der Waals surface area contributed by atoms with E-state index in [2.05, 4.69) is 12.2 Å². The van der Waals surface area contributed by atoms with Gasteiger partial charge in [0.25, 0.3) is 0 Å². The monoisotopic (exact) mass is 272 g/mol. The molecule has 0 radical (unpaired) electrons. The standard InChI is InChI=1S/C13H24N2O2S/c1-3-18-10-6-4-5-9(10)15-12(16)13(2)8-17-7-11(13)14/h9-11H,3-8,14H2,1-2H3,(H,15,16). The van der Waals surface area contributed by atoms with Crippen LogP contribution in [-0.2, 0) is 9.53 Å². The van der Waals surface area contributed by atoms with Crippen LogP contribution >= 0.6 is 11.8 Å². The van der Waals surface area contributed by atoms with Gasteiger partial charge in [-0.25, -0.2) is 0 Å². The number of rotatable bonds is 4. The van der Waals surface area contributed by atoms with Gasteiger partial charge >= 0.3 is 0 Å². The van der Waals surface area contributed by atoms with E-state index in [-0.39, 0.29) is 11.9 Å². The van der Waals surface area contributed by atoms with Gasteiger partial charge < -0.3 is 15.8 Å². The maximum absolute atomic E-state index is 12.4. The molecule has 1 aliphatic heterocycles. The number of amides is 1. The van der Waals surface area contributed by atoms with Gasteiger partial charge in [-0.2, -0.15) is 11.8 Å². The van der Waals surface area contributed by atoms with Crippen molar-refractivity contribution in [3.8, 4) is 0 Å². The summed E-state index contributed by atoms with van der Waals surface area (Å²) in [7, 11) is 0. The zero-order chi connectivity index (χ0) is 13.2. The highest BCUT2D eigenvalue weighted by Gasteiger charge is 2.45. The first-order valence-electron chi connectivity index (χ1n) is 6.84. The van der Waals surface area contributed by atoms with Gasteiger partial charge in [0.15, 0.2) is 0 Å². The summed E-state index contributed by atoms with van der Waals surface area (Å²) < 4.78 is 5.34. The number of hydrogen-bond donors (Lipinski definition) is 2. The summed E-state index contributed by atoms with van der Waals surface area (Å²) >= 11 is 1.95. The Hall–Kier alpha value is -0.260. The molecule has 2 rings (SSSR count). The van der Waals surface area contributed by atoms with Crippen LogP contribution in [0.1, 0.15) is 33.1 Å². The van der Waals surface area contributed by atoms with Crippen LogP contribution in [0.2, 0.25) is 0 Å². The molecule has 2 aliphatic rings. The molecule has 5 heteroatoms. The molecule has 1 saturated carbocycles. The molecule has 0 bridgehead atoms. The summed E-state index contributed by atoms with van der Waals surface area (Å²) in [5.74, 6) is 1.18. The molecule has 0 aromatic rings. The fraction of sp³-hybridized carbons (Fsp3) is 0.923. The highest BCUT2D eigenvalue weighted by Crippen LogP contribution is 2.32. The lowest BCUT2D eigenvalue weighted by Gasteiger charge is -2.29. The average molecular weight is 272 g/mol. The number of ether oxygens (including phenoxy) is 1. The lowest BCUT2D eigenvalue weighted by atomic mass is 9.84. The molecule has 1 heterocycles. The van der Waals surface area contributed by atoms with Gasteiger partial charge in [0, 0.05) is 17.3 Å². The molecule has 1 aliphatic carbocycles. The van der Waals surface area contributed by atoms with Crippen molar-refractivity contribution in [3.05, 3.63) is 0 Å². The Morgan fingerprint density at radius 3 is 2.94 bits per heavy atom. The quantitative estimate of drug-likeness (QED) is 0.805. The third-order valence-corrected chi connectivity index (χ3v) is 5.51. The average Bonchev–Trinajstić information content (AvgIpc) is 2.89. The Bertz CT molecular complexity index is 313. The Morgan fingerprint density at radius 1 is 1.56 bits per heavy atom. The van der Waals surface area contributed by atoms with Crippen LogP contribution in [0, 0.1) is 5.41 Å². The molecule has 4 nitrogen and oxygen atoms in total. The highest BCUT2D eigenvalue weighted by molar-refractivity contribution is 7.99. The zero-order valence-electron chi connectivity index (χ0n) is 11.3. The molecule has 1 amide bonds. The summed E-state index contributed by atoms with van der Waals surface area (Å²) in [6.07, 6.45) is 3.51. The second-order valence-corrected chi connectivity index (χ2v) is 7.06. The second kappa shape index (κ2) is 5.80. The third-order valence-electron chi connectivity index (χ3n) is 4.19. The normalized spacial score (nSPS) is 40.1. The Morgan fingerprint density at radius 2 is 2.33 bits per heavy atom. The van der Waals surface area contributed by atoms with Crippen molar-refractivity contribution in [2.75, 3.05) is 19.0 Å². The summed E-state index contributed by atoms with van der Waals surface area (Å²) in [5.41, 5.74) is 5.44. The molecule has 0 aromatic heterocycles. The van der Waals surface area contributed by atoms with Crippen LogP contribution in [0.4, 0.5) is 0 Å². The molecule has 1 saturated heterocycles. The number of nitrogens with two attached hydrogens (primary N) is 1. The van der Waals surface area contributed by atoms with E-state index in [0.717, 1.165) is 12.2 Å². The minimum atomic E-state index is -0.552. The maximum atomic E-state index is 12.4. The predicted octanol–water partition coefficient (Wildman–Crippen LogP) is 1.14. The van der Waals surface area contributed by atoms with E-state index in [4.69, 9.17) is 10.5 Å². The lowest BCUT2D eigenvalue weighted by Crippen LogP contribution is -2.53. The first kappa shape index (κ1) is 14.2. The number of thioether (sulfide) groups is 1. The van der Waals surface area contributed by atoms with Crippen molar-refractivity contribution in [2.45, 2.75) is 50.4 Å². The van der Waals surface area contributed by atoms with Crippen LogP contribution in [0.3, 0.4) is 0 Å². The van der Waals surface area contributed by atoms with E-state index in [1.165, 1.54) is 12.8 Å². The Balaban J connectivity index is 1.94. The predicted molar refractivity (Wildman–Crippen MR) is 74.6 cm³/mol. The smallest absolute Gasteiger partial charge is 0.230 e. The molecular weight excluding hydrogens is 248 g/mol. The molecule has 0 spiro atoms. The highest BCUT2D eigenvalue weighted by atomic mass is 32.2. The van der Waals surface area contributed by atoms with Crippen LogP contribution < -0.4 is 11.1 Å². The molecule has 4 unspecified atom stereocenters. The number of hydrogen-bond acceptors (Lipinski definition) is 4. The van der Waals surface area contributed by atoms with Gasteiger partial charge in [0.05, 0.1) is 18.6 Å². The molecule has 104 valence electrons. The molecule has 4 atom stereocenters. The van der Waals surface area contributed by atoms with Gasteiger partial charge in [-0.3, -0.25) is 4.79 Å². The van der Waals surface area contributed by atoms with E-state index in [1.807, 2.05) is 18.7 Å². The number of carbonyl (C=O) groups excluding carboxylic acids is 1. The van der Waals surface area contributed by atoms with Gasteiger partial charge in [-0.15, -0.1) is 0 Å². The van der Waals surface area contributed by atoms with Crippen molar-refractivity contribution in [2.24, 2.45) is 11.1 Å². The minimum Gasteiger partial charge on any atom is -0.379 e. The third kappa shape index (κ3) is 2.68. The largest absolute Gasteiger partial charge is 0.379 e. The molecular formula is C13H24N2O2S. The van der Waals surface area contributed by atoms with Crippen molar-refractivity contribution >= 4 is 17.7 Å². The number of nitrogens with one attached hydrogen (secondary N) is 1. The molecule has 0 aromatic carbocycles. The summed E-state index contributed by atoms with van der Waals surface area (Å²) in [6, 6.07) is 0.128. The van der Waals surface area contributed by atoms with Gasteiger partial charge in [-0.1, -0.05) is 13.3 Å². The van der Waals surface area contributed by atoms with Crippen LogP contribution in [-0.4, -0.2) is 42.2 Å². The van der Waals surface area contributed by atoms with E-state index in [1.54, 1.807) is 0 Å². The zero-order valence-corrected chi connectivity index (χ0v) is 12.1. The van der Waals surface area contributed by atoms with Gasteiger partial charge in [0.1, 0.15) is 0 Å². The topological polar surface area (TPSA) is 64.3 Å². The fourth-order valence-electron chi connectivity index (χ4n) is 2.76. The van der Waals surface area contributed by atoms with E-state index < -0.39 is 5.41 Å². The van der Waals surface area contributed by atoms with Crippen LogP contribution in [0.25, 0.3) is 0 Å². The van der Waals surface area contributed by atoms with Gasteiger partial charge in [0.2, 0.25) is 5.91 Å². The Kier molecular flexibility index (Phi) is 4.56. The van der Waals surface area contributed by atoms with Crippen molar-refractivity contribution < 1.29 is 9.53 Å². The van der Waals surface area contributed by atoms with Crippen LogP contribution in [0.5, 0.6) is 0 Å². The molecule has 2 fully saturated rings. The first-order chi connectivity index (χ1) is 8.58.